The van der Waals surface area contributed by atoms with Gasteiger partial charge in [0, 0.05) is 17.4 Å². The van der Waals surface area contributed by atoms with Gasteiger partial charge in [0.15, 0.2) is 0 Å². The van der Waals surface area contributed by atoms with Crippen LogP contribution in [0.2, 0.25) is 0 Å². The number of hydrogen-bond donors (Lipinski definition) is 2. The highest BCUT2D eigenvalue weighted by Gasteiger charge is 2.09. The molecule has 6 nitrogen and oxygen atoms in total. The third-order valence-corrected chi connectivity index (χ3v) is 2.19. The molecule has 0 radical (unpaired) electrons. The second-order valence-electron chi connectivity index (χ2n) is 4.15. The van der Waals surface area contributed by atoms with E-state index in [1.54, 1.807) is 6.92 Å². The molecule has 0 bridgehead atoms. The number of anilines is 1. The third-order valence-electron chi connectivity index (χ3n) is 2.19. The zero-order valence-corrected chi connectivity index (χ0v) is 11.3. The minimum absolute atomic E-state index is 0.0616. The van der Waals surface area contributed by atoms with Crippen molar-refractivity contribution < 1.29 is 9.53 Å². The second kappa shape index (κ2) is 6.90. The molecular formula is C12H20N4O2. The van der Waals surface area contributed by atoms with Crippen LogP contribution in [-0.4, -0.2) is 28.6 Å². The Hall–Kier alpha value is -1.69. The Morgan fingerprint density at radius 1 is 1.39 bits per heavy atom. The summed E-state index contributed by atoms with van der Waals surface area (Å²) in [6.07, 6.45) is 0.297. The van der Waals surface area contributed by atoms with Crippen molar-refractivity contribution in [2.24, 2.45) is 0 Å². The van der Waals surface area contributed by atoms with Crippen LogP contribution in [0.15, 0.2) is 6.07 Å². The maximum Gasteiger partial charge on any atom is 0.307 e. The summed E-state index contributed by atoms with van der Waals surface area (Å²) in [7, 11) is 0. The molecule has 0 saturated heterocycles. The van der Waals surface area contributed by atoms with Gasteiger partial charge < -0.3 is 4.74 Å². The lowest BCUT2D eigenvalue weighted by atomic mass is 10.2. The van der Waals surface area contributed by atoms with Crippen molar-refractivity contribution >= 4 is 11.9 Å². The van der Waals surface area contributed by atoms with Crippen LogP contribution in [0.4, 0.5) is 5.95 Å². The lowest BCUT2D eigenvalue weighted by Gasteiger charge is -2.14. The maximum atomic E-state index is 11.3. The molecule has 0 fully saturated rings. The topological polar surface area (TPSA) is 76.1 Å². The Kier molecular flexibility index (Phi) is 5.51. The fourth-order valence-corrected chi connectivity index (χ4v) is 1.49. The fraction of sp³-hybridized carbons (Fsp3) is 0.583. The lowest BCUT2D eigenvalue weighted by Crippen LogP contribution is -2.34. The molecule has 0 aliphatic heterocycles. The van der Waals surface area contributed by atoms with Crippen LogP contribution in [0, 0.1) is 13.8 Å². The van der Waals surface area contributed by atoms with Gasteiger partial charge in [0.1, 0.15) is 0 Å². The van der Waals surface area contributed by atoms with E-state index in [1.165, 1.54) is 0 Å². The first-order chi connectivity index (χ1) is 8.51. The van der Waals surface area contributed by atoms with E-state index in [-0.39, 0.29) is 12.0 Å². The molecular weight excluding hydrogens is 232 g/mol. The molecule has 0 saturated carbocycles. The minimum Gasteiger partial charge on any atom is -0.466 e. The average molecular weight is 252 g/mol. The van der Waals surface area contributed by atoms with Crippen molar-refractivity contribution in [3.05, 3.63) is 17.5 Å². The molecule has 0 spiro atoms. The molecule has 0 aromatic carbocycles. The van der Waals surface area contributed by atoms with Gasteiger partial charge in [-0.25, -0.2) is 15.4 Å². The number of ether oxygens (including phenoxy) is 1. The van der Waals surface area contributed by atoms with Gasteiger partial charge in [-0.1, -0.05) is 0 Å². The monoisotopic (exact) mass is 252 g/mol. The van der Waals surface area contributed by atoms with Crippen LogP contribution in [0.3, 0.4) is 0 Å². The van der Waals surface area contributed by atoms with E-state index < -0.39 is 0 Å². The summed E-state index contributed by atoms with van der Waals surface area (Å²) >= 11 is 0. The maximum absolute atomic E-state index is 11.3. The van der Waals surface area contributed by atoms with E-state index >= 15 is 0 Å². The normalized spacial score (nSPS) is 12.0. The van der Waals surface area contributed by atoms with Crippen molar-refractivity contribution in [2.45, 2.75) is 40.2 Å². The molecule has 100 valence electrons. The van der Waals surface area contributed by atoms with Crippen molar-refractivity contribution in [3.8, 4) is 0 Å². The van der Waals surface area contributed by atoms with Gasteiger partial charge in [-0.15, -0.1) is 0 Å². The minimum atomic E-state index is -0.222. The van der Waals surface area contributed by atoms with Crippen molar-refractivity contribution in [2.75, 3.05) is 12.0 Å². The van der Waals surface area contributed by atoms with Crippen molar-refractivity contribution in [1.29, 1.82) is 0 Å². The SMILES string of the molecule is CCOC(=O)CC(C)NNc1nc(C)cc(C)n1. The van der Waals surface area contributed by atoms with E-state index in [4.69, 9.17) is 4.74 Å². The summed E-state index contributed by atoms with van der Waals surface area (Å²) in [5, 5.41) is 0. The smallest absolute Gasteiger partial charge is 0.307 e. The zero-order chi connectivity index (χ0) is 13.5. The van der Waals surface area contributed by atoms with E-state index in [1.807, 2.05) is 26.8 Å². The van der Waals surface area contributed by atoms with Gasteiger partial charge in [0.25, 0.3) is 0 Å². The predicted molar refractivity (Wildman–Crippen MR) is 69.0 cm³/mol. The van der Waals surface area contributed by atoms with Crippen LogP contribution in [-0.2, 0) is 9.53 Å². The van der Waals surface area contributed by atoms with Gasteiger partial charge >= 0.3 is 5.97 Å². The molecule has 0 aliphatic carbocycles. The van der Waals surface area contributed by atoms with Gasteiger partial charge in [-0.3, -0.25) is 10.2 Å². The molecule has 1 aromatic heterocycles. The zero-order valence-electron chi connectivity index (χ0n) is 11.3. The predicted octanol–water partition coefficient (Wildman–Crippen LogP) is 1.35. The largest absolute Gasteiger partial charge is 0.466 e. The van der Waals surface area contributed by atoms with Crippen LogP contribution in [0.1, 0.15) is 31.7 Å². The molecule has 0 amide bonds. The van der Waals surface area contributed by atoms with E-state index in [9.17, 15) is 4.79 Å². The van der Waals surface area contributed by atoms with Crippen molar-refractivity contribution in [1.82, 2.24) is 15.4 Å². The van der Waals surface area contributed by atoms with Crippen molar-refractivity contribution in [3.63, 3.8) is 0 Å². The summed E-state index contributed by atoms with van der Waals surface area (Å²) in [6, 6.07) is 1.83. The van der Waals surface area contributed by atoms with Gasteiger partial charge in [0.2, 0.25) is 5.95 Å². The number of nitrogens with one attached hydrogen (secondary N) is 2. The first-order valence-electron chi connectivity index (χ1n) is 6.00. The second-order valence-corrected chi connectivity index (χ2v) is 4.15. The highest BCUT2D eigenvalue weighted by Crippen LogP contribution is 2.03. The number of carbonyl (C=O) groups is 1. The lowest BCUT2D eigenvalue weighted by molar-refractivity contribution is -0.143. The first-order valence-corrected chi connectivity index (χ1v) is 6.00. The Bertz CT molecular complexity index is 389. The van der Waals surface area contributed by atoms with Crippen LogP contribution in [0.5, 0.6) is 0 Å². The van der Waals surface area contributed by atoms with E-state index in [0.717, 1.165) is 11.4 Å². The summed E-state index contributed by atoms with van der Waals surface area (Å²) in [5.74, 6) is 0.281. The van der Waals surface area contributed by atoms with Crippen LogP contribution < -0.4 is 10.9 Å². The first kappa shape index (κ1) is 14.4. The third kappa shape index (κ3) is 5.09. The quantitative estimate of drug-likeness (QED) is 0.588. The van der Waals surface area contributed by atoms with E-state index in [0.29, 0.717) is 19.0 Å². The number of aryl methyl sites for hydroxylation is 2. The number of aromatic nitrogens is 2. The van der Waals surface area contributed by atoms with Gasteiger partial charge in [-0.2, -0.15) is 0 Å². The summed E-state index contributed by atoms with van der Waals surface area (Å²) < 4.78 is 4.86. The number of hydrogen-bond acceptors (Lipinski definition) is 6. The molecule has 2 N–H and O–H groups in total. The molecule has 1 rings (SSSR count). The Labute approximate surface area is 107 Å². The Morgan fingerprint density at radius 2 is 2.00 bits per heavy atom. The molecule has 1 heterocycles. The van der Waals surface area contributed by atoms with Gasteiger partial charge in [-0.05, 0) is 33.8 Å². The number of rotatable bonds is 6. The number of esters is 1. The van der Waals surface area contributed by atoms with E-state index in [2.05, 4.69) is 20.8 Å². The number of nitrogens with zero attached hydrogens (tertiary/aromatic N) is 2. The molecule has 0 aliphatic rings. The molecule has 6 heteroatoms. The Morgan fingerprint density at radius 3 is 2.56 bits per heavy atom. The standard InChI is InChI=1S/C12H20N4O2/c1-5-18-11(17)7-10(4)15-16-12-13-8(2)6-9(3)14-12/h6,10,15H,5,7H2,1-4H3,(H,13,14,16). The summed E-state index contributed by atoms with van der Waals surface area (Å²) in [5.41, 5.74) is 7.65. The van der Waals surface area contributed by atoms with Crippen LogP contribution in [0.25, 0.3) is 0 Å². The number of carbonyl (C=O) groups excluding carboxylic acids is 1. The summed E-state index contributed by atoms with van der Waals surface area (Å²) in [6.45, 7) is 7.88. The molecule has 1 unspecified atom stereocenters. The molecule has 1 atom stereocenters. The molecule has 18 heavy (non-hydrogen) atoms. The fourth-order valence-electron chi connectivity index (χ4n) is 1.49. The summed E-state index contributed by atoms with van der Waals surface area (Å²) in [4.78, 5) is 19.7. The average Bonchev–Trinajstić information content (AvgIpc) is 2.25. The Balaban J connectivity index is 2.42. The highest BCUT2D eigenvalue weighted by molar-refractivity contribution is 5.70. The van der Waals surface area contributed by atoms with Gasteiger partial charge in [0.05, 0.1) is 13.0 Å². The van der Waals surface area contributed by atoms with Crippen LogP contribution >= 0.6 is 0 Å². The highest BCUT2D eigenvalue weighted by atomic mass is 16.5. The molecule has 1 aromatic rings. The number of hydrazine groups is 1.